The lowest BCUT2D eigenvalue weighted by Gasteiger charge is -2.37. The zero-order valence-electron chi connectivity index (χ0n) is 14.9. The molecule has 0 spiro atoms. The maximum Gasteiger partial charge on any atom is 0.269 e. The summed E-state index contributed by atoms with van der Waals surface area (Å²) in [7, 11) is 3.69. The Hall–Kier alpha value is -2.15. The van der Waals surface area contributed by atoms with Gasteiger partial charge in [-0.15, -0.1) is 0 Å². The number of piperidine rings is 1. The highest BCUT2D eigenvalue weighted by atomic mass is 16.5. The highest BCUT2D eigenvalue weighted by Gasteiger charge is 2.32. The number of rotatable bonds is 6. The van der Waals surface area contributed by atoms with Crippen molar-refractivity contribution < 1.29 is 9.53 Å². The molecule has 1 aliphatic rings. The summed E-state index contributed by atoms with van der Waals surface area (Å²) in [6, 6.07) is 5.53. The molecule has 0 unspecified atom stereocenters. The summed E-state index contributed by atoms with van der Waals surface area (Å²) in [5.41, 5.74) is 1.18. The summed E-state index contributed by atoms with van der Waals surface area (Å²) in [6.07, 6.45) is 5.89. The van der Waals surface area contributed by atoms with E-state index in [0.29, 0.717) is 12.3 Å². The number of ether oxygens (including phenoxy) is 1. The van der Waals surface area contributed by atoms with Crippen LogP contribution in [0, 0.1) is 5.41 Å². The molecule has 132 valence electrons. The minimum atomic E-state index is -0.239. The van der Waals surface area contributed by atoms with E-state index in [1.54, 1.807) is 11.7 Å². The van der Waals surface area contributed by atoms with Gasteiger partial charge in [-0.05, 0) is 50.9 Å². The monoisotopic (exact) mass is 341 g/mol. The molecule has 0 bridgehead atoms. The molecule has 7 heteroatoms. The Kier molecular flexibility index (Phi) is 5.23. The Labute approximate surface area is 148 Å². The van der Waals surface area contributed by atoms with Crippen molar-refractivity contribution in [3.05, 3.63) is 34.7 Å². The molecule has 0 aliphatic carbocycles. The molecule has 0 radical (unpaired) electrons. The number of hydrogen-bond acceptors (Lipinski definition) is 5. The number of hydrogen-bond donors (Lipinski definition) is 0. The maximum atomic E-state index is 12.3. The maximum absolute atomic E-state index is 12.3. The van der Waals surface area contributed by atoms with Gasteiger partial charge in [-0.25, -0.2) is 4.98 Å². The molecule has 1 fully saturated rings. The number of methoxy groups -OCH3 is 1. The van der Waals surface area contributed by atoms with E-state index in [4.69, 9.17) is 4.74 Å². The Morgan fingerprint density at radius 1 is 1.36 bits per heavy atom. The van der Waals surface area contributed by atoms with Crippen LogP contribution in [0.15, 0.2) is 29.2 Å². The first kappa shape index (κ1) is 17.7. The summed E-state index contributed by atoms with van der Waals surface area (Å²) in [4.78, 5) is 30.4. The van der Waals surface area contributed by atoms with Crippen molar-refractivity contribution in [2.45, 2.75) is 32.2 Å². The average Bonchev–Trinajstić information content (AvgIpc) is 2.65. The van der Waals surface area contributed by atoms with Crippen LogP contribution in [0.1, 0.15) is 25.7 Å². The third-order valence-corrected chi connectivity index (χ3v) is 5.34. The van der Waals surface area contributed by atoms with Crippen molar-refractivity contribution in [3.63, 3.8) is 0 Å². The van der Waals surface area contributed by atoms with Crippen LogP contribution in [-0.2, 0) is 11.3 Å². The molecular weight excluding hydrogens is 317 g/mol. The molecular formula is C18H24BN3O3. The highest BCUT2D eigenvalue weighted by Crippen LogP contribution is 2.33. The van der Waals surface area contributed by atoms with Crippen molar-refractivity contribution in [1.82, 2.24) is 14.4 Å². The fourth-order valence-corrected chi connectivity index (χ4v) is 3.58. The lowest BCUT2D eigenvalue weighted by atomic mass is 9.75. The minimum Gasteiger partial charge on any atom is -0.497 e. The fraction of sp³-hybridized carbons (Fsp3) is 0.500. The molecule has 25 heavy (non-hydrogen) atoms. The first-order valence-corrected chi connectivity index (χ1v) is 8.75. The van der Waals surface area contributed by atoms with Gasteiger partial charge in [0.15, 0.2) is 7.98 Å². The summed E-state index contributed by atoms with van der Waals surface area (Å²) in [5.74, 6) is 0.702. The van der Waals surface area contributed by atoms with E-state index < -0.39 is 0 Å². The number of nitrogens with zero attached hydrogens (tertiary/aromatic N) is 3. The van der Waals surface area contributed by atoms with Crippen LogP contribution in [0.3, 0.4) is 0 Å². The molecule has 1 aromatic heterocycles. The molecule has 0 atom stereocenters. The quantitative estimate of drug-likeness (QED) is 0.580. The highest BCUT2D eigenvalue weighted by molar-refractivity contribution is 6.04. The third-order valence-electron chi connectivity index (χ3n) is 5.34. The molecule has 2 heterocycles. The molecule has 6 nitrogen and oxygen atoms in total. The Morgan fingerprint density at radius 3 is 2.80 bits per heavy atom. The normalized spacial score (nSPS) is 17.5. The smallest absolute Gasteiger partial charge is 0.269 e. The molecule has 0 N–H and O–H groups in total. The summed E-state index contributed by atoms with van der Waals surface area (Å²) >= 11 is 0. The van der Waals surface area contributed by atoms with Crippen LogP contribution >= 0.6 is 0 Å². The predicted molar refractivity (Wildman–Crippen MR) is 99.6 cm³/mol. The van der Waals surface area contributed by atoms with Crippen LogP contribution < -0.4 is 10.3 Å². The number of aryl methyl sites for hydroxylation is 1. The third kappa shape index (κ3) is 3.76. The van der Waals surface area contributed by atoms with Gasteiger partial charge in [0.1, 0.15) is 12.0 Å². The zero-order valence-corrected chi connectivity index (χ0v) is 14.9. The van der Waals surface area contributed by atoms with Crippen LogP contribution in [-0.4, -0.2) is 48.8 Å². The number of carbonyl (C=O) groups is 1. The first-order chi connectivity index (χ1) is 12.1. The second-order valence-electron chi connectivity index (χ2n) is 6.99. The van der Waals surface area contributed by atoms with Crippen molar-refractivity contribution in [1.29, 1.82) is 0 Å². The Balaban J connectivity index is 1.77. The van der Waals surface area contributed by atoms with Gasteiger partial charge in [-0.1, -0.05) is 0 Å². The van der Waals surface area contributed by atoms with Crippen LogP contribution in [0.5, 0.6) is 5.75 Å². The second kappa shape index (κ2) is 7.39. The molecule has 3 rings (SSSR count). The summed E-state index contributed by atoms with van der Waals surface area (Å²) < 4.78 is 7.00. The standard InChI is InChI=1S/C18H24BN3O3/c1-25-14-3-4-15-16(11-14)22(17(24)12-20-15)8-2-5-18(13-23)6-9-21(19)10-7-18/h3-4,11-13H,2,5-10,19H2,1H3. The van der Waals surface area contributed by atoms with E-state index in [1.165, 1.54) is 6.20 Å². The van der Waals surface area contributed by atoms with Gasteiger partial charge in [0.05, 0.1) is 24.3 Å². The van der Waals surface area contributed by atoms with Crippen molar-refractivity contribution >= 4 is 25.3 Å². The van der Waals surface area contributed by atoms with Crippen molar-refractivity contribution in [3.8, 4) is 5.75 Å². The van der Waals surface area contributed by atoms with Crippen molar-refractivity contribution in [2.24, 2.45) is 5.41 Å². The van der Waals surface area contributed by atoms with Gasteiger partial charge in [-0.2, -0.15) is 0 Å². The minimum absolute atomic E-state index is 0.121. The molecule has 0 saturated carbocycles. The largest absolute Gasteiger partial charge is 0.497 e. The average molecular weight is 341 g/mol. The van der Waals surface area contributed by atoms with Gasteiger partial charge < -0.3 is 18.9 Å². The molecule has 1 aliphatic heterocycles. The molecule has 1 aromatic carbocycles. The number of aromatic nitrogens is 2. The Bertz CT molecular complexity index is 813. The fourth-order valence-electron chi connectivity index (χ4n) is 3.58. The van der Waals surface area contributed by atoms with Gasteiger partial charge in [0, 0.05) is 18.0 Å². The van der Waals surface area contributed by atoms with Crippen LogP contribution in [0.25, 0.3) is 11.0 Å². The topological polar surface area (TPSA) is 64.4 Å². The molecule has 1 saturated heterocycles. The molecule has 0 amide bonds. The second-order valence-corrected chi connectivity index (χ2v) is 6.99. The number of benzene rings is 1. The van der Waals surface area contributed by atoms with E-state index in [9.17, 15) is 9.59 Å². The van der Waals surface area contributed by atoms with Gasteiger partial charge >= 0.3 is 0 Å². The van der Waals surface area contributed by atoms with E-state index >= 15 is 0 Å². The first-order valence-electron chi connectivity index (χ1n) is 8.75. The lowest BCUT2D eigenvalue weighted by Crippen LogP contribution is -2.39. The zero-order chi connectivity index (χ0) is 17.9. The van der Waals surface area contributed by atoms with Crippen molar-refractivity contribution in [2.75, 3.05) is 20.2 Å². The van der Waals surface area contributed by atoms with Crippen LogP contribution in [0.2, 0.25) is 0 Å². The van der Waals surface area contributed by atoms with E-state index in [0.717, 1.165) is 56.1 Å². The summed E-state index contributed by atoms with van der Waals surface area (Å²) in [6.45, 7) is 2.48. The number of fused-ring (bicyclic) bond motifs is 1. The number of aldehydes is 1. The summed E-state index contributed by atoms with van der Waals surface area (Å²) in [5, 5.41) is 0. The predicted octanol–water partition coefficient (Wildman–Crippen LogP) is 1.01. The molecule has 2 aromatic rings. The van der Waals surface area contributed by atoms with E-state index in [2.05, 4.69) is 17.8 Å². The van der Waals surface area contributed by atoms with Gasteiger partial charge in [0.25, 0.3) is 5.56 Å². The van der Waals surface area contributed by atoms with Gasteiger partial charge in [-0.3, -0.25) is 4.79 Å². The lowest BCUT2D eigenvalue weighted by molar-refractivity contribution is -0.118. The number of carbonyl (C=O) groups excluding carboxylic acids is 1. The Morgan fingerprint density at radius 2 is 2.12 bits per heavy atom. The van der Waals surface area contributed by atoms with Crippen LogP contribution in [0.4, 0.5) is 0 Å². The van der Waals surface area contributed by atoms with E-state index in [-0.39, 0.29) is 11.0 Å². The SMILES string of the molecule is BN1CCC(C=O)(CCCn2c(=O)cnc3ccc(OC)cc32)CC1. The van der Waals surface area contributed by atoms with Gasteiger partial charge in [0.2, 0.25) is 0 Å². The van der Waals surface area contributed by atoms with E-state index in [1.807, 2.05) is 18.2 Å².